The van der Waals surface area contributed by atoms with Gasteiger partial charge in [-0.25, -0.2) is 4.79 Å². The highest BCUT2D eigenvalue weighted by molar-refractivity contribution is 6.37. The Morgan fingerprint density at radius 1 is 0.963 bits per heavy atom. The molecule has 0 saturated carbocycles. The first-order valence-corrected chi connectivity index (χ1v) is 8.21. The summed E-state index contributed by atoms with van der Waals surface area (Å²) < 4.78 is 4.70. The smallest absolute Gasteiger partial charge is 0.337 e. The molecular weight excluding hydrogens is 372 g/mol. The van der Waals surface area contributed by atoms with Crippen molar-refractivity contribution in [1.29, 1.82) is 0 Å². The van der Waals surface area contributed by atoms with E-state index in [1.54, 1.807) is 6.07 Å². The summed E-state index contributed by atoms with van der Waals surface area (Å²) in [4.78, 5) is 37.9. The zero-order valence-corrected chi connectivity index (χ0v) is 14.6. The minimum Gasteiger partial charge on any atom is -0.507 e. The van der Waals surface area contributed by atoms with Crippen LogP contribution in [0.2, 0.25) is 5.02 Å². The largest absolute Gasteiger partial charge is 0.507 e. The summed E-state index contributed by atoms with van der Waals surface area (Å²) in [5.41, 5.74) is -0.346. The molecule has 134 valence electrons. The van der Waals surface area contributed by atoms with E-state index in [-0.39, 0.29) is 32.8 Å². The van der Waals surface area contributed by atoms with Crippen LogP contribution in [0.15, 0.2) is 36.4 Å². The SMILES string of the molecule is COC(=O)c1ccc2cc(O)c3c(c2c1)C(=O)c1ccc(Cl)c(O)c1C3=O. The molecule has 1 aliphatic rings. The molecule has 1 aliphatic carbocycles. The Balaban J connectivity index is 2.10. The summed E-state index contributed by atoms with van der Waals surface area (Å²) in [5.74, 6) is -2.79. The minimum atomic E-state index is -0.720. The number of halogens is 1. The van der Waals surface area contributed by atoms with E-state index >= 15 is 0 Å². The van der Waals surface area contributed by atoms with Crippen LogP contribution in [-0.4, -0.2) is 34.9 Å². The lowest BCUT2D eigenvalue weighted by Gasteiger charge is -2.21. The highest BCUT2D eigenvalue weighted by atomic mass is 35.5. The molecule has 3 aromatic carbocycles. The number of methoxy groups -OCH3 is 1. The van der Waals surface area contributed by atoms with Gasteiger partial charge in [-0.1, -0.05) is 17.7 Å². The summed E-state index contributed by atoms with van der Waals surface area (Å²) in [5, 5.41) is 21.3. The maximum atomic E-state index is 13.1. The van der Waals surface area contributed by atoms with Crippen molar-refractivity contribution in [3.8, 4) is 11.5 Å². The van der Waals surface area contributed by atoms with Gasteiger partial charge in [0.1, 0.15) is 11.5 Å². The fraction of sp³-hybridized carbons (Fsp3) is 0.0500. The van der Waals surface area contributed by atoms with Gasteiger partial charge in [0.15, 0.2) is 5.78 Å². The maximum Gasteiger partial charge on any atom is 0.337 e. The van der Waals surface area contributed by atoms with Gasteiger partial charge >= 0.3 is 5.97 Å². The summed E-state index contributed by atoms with van der Waals surface area (Å²) in [6.07, 6.45) is 0. The molecule has 27 heavy (non-hydrogen) atoms. The van der Waals surface area contributed by atoms with E-state index in [9.17, 15) is 24.6 Å². The van der Waals surface area contributed by atoms with Crippen molar-refractivity contribution >= 4 is 39.9 Å². The molecule has 0 aromatic heterocycles. The standard InChI is InChI=1S/C20H11ClO6/c1-27-20(26)9-3-2-8-7-13(22)16-14(11(8)6-9)17(23)10-4-5-12(21)18(24)15(10)19(16)25/h2-7,22,24H,1H3. The van der Waals surface area contributed by atoms with E-state index in [0.717, 1.165) is 0 Å². The molecule has 0 heterocycles. The Morgan fingerprint density at radius 3 is 2.41 bits per heavy atom. The number of ether oxygens (including phenoxy) is 1. The van der Waals surface area contributed by atoms with Gasteiger partial charge in [-0.05, 0) is 41.1 Å². The van der Waals surface area contributed by atoms with E-state index in [0.29, 0.717) is 10.8 Å². The number of rotatable bonds is 1. The number of carbonyl (C=O) groups excluding carboxylic acids is 3. The number of carbonyl (C=O) groups is 3. The second-order valence-corrected chi connectivity index (χ2v) is 6.46. The zero-order valence-electron chi connectivity index (χ0n) is 13.9. The Kier molecular flexibility index (Phi) is 3.68. The van der Waals surface area contributed by atoms with Gasteiger partial charge in [-0.15, -0.1) is 0 Å². The number of hydrogen-bond acceptors (Lipinski definition) is 6. The first kappa shape index (κ1) is 17.1. The topological polar surface area (TPSA) is 101 Å². The summed E-state index contributed by atoms with van der Waals surface area (Å²) >= 11 is 5.86. The third-order valence-corrected chi connectivity index (χ3v) is 4.90. The second kappa shape index (κ2) is 5.82. The van der Waals surface area contributed by atoms with Gasteiger partial charge < -0.3 is 14.9 Å². The first-order chi connectivity index (χ1) is 12.8. The highest BCUT2D eigenvalue weighted by Crippen LogP contribution is 2.42. The van der Waals surface area contributed by atoms with Crippen LogP contribution in [0.5, 0.6) is 11.5 Å². The second-order valence-electron chi connectivity index (χ2n) is 6.05. The molecule has 0 aliphatic heterocycles. The number of aromatic hydroxyl groups is 2. The number of phenolic OH excluding ortho intramolecular Hbond substituents is 2. The van der Waals surface area contributed by atoms with Crippen molar-refractivity contribution in [3.63, 3.8) is 0 Å². The molecule has 7 heteroatoms. The van der Waals surface area contributed by atoms with Gasteiger partial charge in [0.25, 0.3) is 0 Å². The number of ketones is 2. The van der Waals surface area contributed by atoms with Gasteiger partial charge in [0.05, 0.1) is 28.8 Å². The number of hydrogen-bond donors (Lipinski definition) is 2. The van der Waals surface area contributed by atoms with E-state index in [1.807, 2.05) is 0 Å². The maximum absolute atomic E-state index is 13.1. The minimum absolute atomic E-state index is 0.0234. The molecule has 6 nitrogen and oxygen atoms in total. The monoisotopic (exact) mass is 382 g/mol. The van der Waals surface area contributed by atoms with Crippen LogP contribution in [0.25, 0.3) is 10.8 Å². The first-order valence-electron chi connectivity index (χ1n) is 7.84. The van der Waals surface area contributed by atoms with Crippen LogP contribution in [0, 0.1) is 0 Å². The fourth-order valence-corrected chi connectivity index (χ4v) is 3.49. The third kappa shape index (κ3) is 2.30. The fourth-order valence-electron chi connectivity index (χ4n) is 3.34. The van der Waals surface area contributed by atoms with Crippen LogP contribution in [0.4, 0.5) is 0 Å². The van der Waals surface area contributed by atoms with Crippen molar-refractivity contribution < 1.29 is 29.3 Å². The van der Waals surface area contributed by atoms with Crippen molar-refractivity contribution in [2.75, 3.05) is 7.11 Å². The summed E-state index contributed by atoms with van der Waals surface area (Å²) in [6, 6.07) is 8.47. The van der Waals surface area contributed by atoms with E-state index in [1.165, 1.54) is 37.4 Å². The van der Waals surface area contributed by atoms with Crippen molar-refractivity contribution in [2.24, 2.45) is 0 Å². The third-order valence-electron chi connectivity index (χ3n) is 4.60. The lowest BCUT2D eigenvalue weighted by molar-refractivity contribution is 0.0600. The average molecular weight is 383 g/mol. The Morgan fingerprint density at radius 2 is 1.70 bits per heavy atom. The lowest BCUT2D eigenvalue weighted by atomic mass is 9.80. The van der Waals surface area contributed by atoms with Gasteiger partial charge in [-0.2, -0.15) is 0 Å². The van der Waals surface area contributed by atoms with Crippen LogP contribution in [-0.2, 0) is 4.74 Å². The molecule has 0 spiro atoms. The molecule has 0 unspecified atom stereocenters. The highest BCUT2D eigenvalue weighted by Gasteiger charge is 2.36. The van der Waals surface area contributed by atoms with Gasteiger partial charge in [0, 0.05) is 11.1 Å². The molecular formula is C20H11ClO6. The average Bonchev–Trinajstić information content (AvgIpc) is 2.66. The van der Waals surface area contributed by atoms with Crippen LogP contribution >= 0.6 is 11.6 Å². The Hall–Kier alpha value is -3.38. The zero-order chi connectivity index (χ0) is 19.5. The van der Waals surface area contributed by atoms with Crippen molar-refractivity contribution in [1.82, 2.24) is 0 Å². The van der Waals surface area contributed by atoms with Crippen LogP contribution < -0.4 is 0 Å². The lowest BCUT2D eigenvalue weighted by Crippen LogP contribution is -2.22. The van der Waals surface area contributed by atoms with Crippen molar-refractivity contribution in [3.05, 3.63) is 69.2 Å². The van der Waals surface area contributed by atoms with E-state index in [4.69, 9.17) is 16.3 Å². The van der Waals surface area contributed by atoms with Crippen LogP contribution in [0.3, 0.4) is 0 Å². The number of esters is 1. The number of fused-ring (bicyclic) bond motifs is 4. The number of phenols is 2. The summed E-state index contributed by atoms with van der Waals surface area (Å²) in [6.45, 7) is 0. The van der Waals surface area contributed by atoms with E-state index in [2.05, 4.69) is 0 Å². The molecule has 0 amide bonds. The molecule has 0 radical (unpaired) electrons. The summed E-state index contributed by atoms with van der Waals surface area (Å²) in [7, 11) is 1.23. The Bertz CT molecular complexity index is 1200. The molecule has 0 fully saturated rings. The van der Waals surface area contributed by atoms with Crippen LogP contribution in [0.1, 0.15) is 42.2 Å². The molecule has 4 rings (SSSR count). The van der Waals surface area contributed by atoms with Gasteiger partial charge in [-0.3, -0.25) is 9.59 Å². The molecule has 0 bridgehead atoms. The van der Waals surface area contributed by atoms with Crippen molar-refractivity contribution in [2.45, 2.75) is 0 Å². The predicted octanol–water partition coefficient (Wildman–Crippen LogP) is 3.47. The predicted molar refractivity (Wildman–Crippen MR) is 96.9 cm³/mol. The van der Waals surface area contributed by atoms with Gasteiger partial charge in [0.2, 0.25) is 5.78 Å². The molecule has 3 aromatic rings. The Labute approximate surface area is 157 Å². The number of benzene rings is 3. The molecule has 0 saturated heterocycles. The van der Waals surface area contributed by atoms with E-state index < -0.39 is 29.0 Å². The molecule has 2 N–H and O–H groups in total. The normalized spacial score (nSPS) is 12.7. The quantitative estimate of drug-likeness (QED) is 0.489. The molecule has 0 atom stereocenters.